The molecule has 1 aliphatic heterocycles. The van der Waals surface area contributed by atoms with Crippen molar-refractivity contribution >= 4 is 5.96 Å². The number of guanidine groups is 1. The van der Waals surface area contributed by atoms with Gasteiger partial charge in [-0.1, -0.05) is 13.8 Å². The average Bonchev–Trinajstić information content (AvgIpc) is 2.30. The molecule has 0 spiro atoms. The molecule has 1 fully saturated rings. The van der Waals surface area contributed by atoms with Gasteiger partial charge in [0.25, 0.3) is 0 Å². The van der Waals surface area contributed by atoms with E-state index in [9.17, 15) is 0 Å². The molecule has 5 heteroatoms. The predicted octanol–water partition coefficient (Wildman–Crippen LogP) is 0.963. The first kappa shape index (κ1) is 14.3. The lowest BCUT2D eigenvalue weighted by atomic mass is 10.1. The number of nitrogens with one attached hydrogen (secondary N) is 1. The summed E-state index contributed by atoms with van der Waals surface area (Å²) in [5.74, 6) is 6.89. The highest BCUT2D eigenvalue weighted by molar-refractivity contribution is 5.79. The highest BCUT2D eigenvalue weighted by atomic mass is 16.5. The molecule has 0 saturated carbocycles. The molecule has 0 aromatic carbocycles. The van der Waals surface area contributed by atoms with Gasteiger partial charge >= 0.3 is 0 Å². The van der Waals surface area contributed by atoms with Gasteiger partial charge < -0.3 is 9.64 Å². The fourth-order valence-corrected chi connectivity index (χ4v) is 2.01. The summed E-state index contributed by atoms with van der Waals surface area (Å²) in [6.45, 7) is 9.80. The molecule has 1 heterocycles. The van der Waals surface area contributed by atoms with Crippen LogP contribution in [0.3, 0.4) is 0 Å². The Morgan fingerprint density at radius 2 is 2.35 bits per heavy atom. The van der Waals surface area contributed by atoms with Crippen molar-refractivity contribution in [3.63, 3.8) is 0 Å². The minimum atomic E-state index is 0.311. The molecule has 100 valence electrons. The van der Waals surface area contributed by atoms with E-state index in [-0.39, 0.29) is 0 Å². The number of rotatable bonds is 4. The minimum Gasteiger partial charge on any atom is -0.377 e. The number of hydrazine groups is 1. The van der Waals surface area contributed by atoms with Crippen molar-refractivity contribution in [2.45, 2.75) is 39.7 Å². The van der Waals surface area contributed by atoms with Crippen molar-refractivity contribution in [2.24, 2.45) is 16.8 Å². The molecule has 0 bridgehead atoms. The van der Waals surface area contributed by atoms with E-state index in [0.717, 1.165) is 45.0 Å². The second-order valence-corrected chi connectivity index (χ2v) is 4.87. The average molecular weight is 242 g/mol. The minimum absolute atomic E-state index is 0.311. The summed E-state index contributed by atoms with van der Waals surface area (Å²) in [6, 6.07) is 0. The van der Waals surface area contributed by atoms with Crippen molar-refractivity contribution in [3.8, 4) is 0 Å². The molecule has 1 atom stereocenters. The van der Waals surface area contributed by atoms with E-state index in [0.29, 0.717) is 12.0 Å². The van der Waals surface area contributed by atoms with Crippen molar-refractivity contribution in [2.75, 3.05) is 26.2 Å². The predicted molar refractivity (Wildman–Crippen MR) is 70.7 cm³/mol. The Morgan fingerprint density at radius 1 is 1.59 bits per heavy atom. The zero-order valence-electron chi connectivity index (χ0n) is 11.3. The molecular formula is C12H26N4O. The molecule has 17 heavy (non-hydrogen) atoms. The second kappa shape index (κ2) is 7.50. The summed E-state index contributed by atoms with van der Waals surface area (Å²) in [6.07, 6.45) is 2.57. The van der Waals surface area contributed by atoms with Crippen LogP contribution in [-0.4, -0.2) is 43.2 Å². The lowest BCUT2D eigenvalue weighted by Gasteiger charge is -2.34. The number of piperidine rings is 1. The first-order valence-electron chi connectivity index (χ1n) is 6.55. The second-order valence-electron chi connectivity index (χ2n) is 4.87. The van der Waals surface area contributed by atoms with E-state index >= 15 is 0 Å². The number of aliphatic imine (C=N–C) groups is 1. The Balaban J connectivity index is 2.53. The van der Waals surface area contributed by atoms with Crippen LogP contribution >= 0.6 is 0 Å². The summed E-state index contributed by atoms with van der Waals surface area (Å²) in [5, 5.41) is 0. The maximum Gasteiger partial charge on any atom is 0.208 e. The third-order valence-corrected chi connectivity index (χ3v) is 2.82. The summed E-state index contributed by atoms with van der Waals surface area (Å²) in [5.41, 5.74) is 2.71. The standard InChI is InChI=1S/C12H26N4O/c1-4-17-11-6-5-7-16(9-11)12(15-13)14-8-10(2)3/h10-11H,4-9,13H2,1-3H3,(H,14,15). The highest BCUT2D eigenvalue weighted by Gasteiger charge is 2.22. The molecule has 1 aliphatic rings. The quantitative estimate of drug-likeness (QED) is 0.334. The molecular weight excluding hydrogens is 216 g/mol. The first-order valence-corrected chi connectivity index (χ1v) is 6.55. The van der Waals surface area contributed by atoms with Crippen LogP contribution in [-0.2, 0) is 4.74 Å². The van der Waals surface area contributed by atoms with Crippen LogP contribution < -0.4 is 11.3 Å². The Labute approximate surface area is 104 Å². The monoisotopic (exact) mass is 242 g/mol. The molecule has 1 saturated heterocycles. The summed E-state index contributed by atoms with van der Waals surface area (Å²) >= 11 is 0. The van der Waals surface area contributed by atoms with Crippen molar-refractivity contribution in [3.05, 3.63) is 0 Å². The van der Waals surface area contributed by atoms with Crippen LogP contribution in [0.5, 0.6) is 0 Å². The molecule has 1 rings (SSSR count). The number of nitrogens with zero attached hydrogens (tertiary/aromatic N) is 2. The van der Waals surface area contributed by atoms with Gasteiger partial charge in [0.15, 0.2) is 0 Å². The number of hydrogen-bond donors (Lipinski definition) is 2. The van der Waals surface area contributed by atoms with E-state index in [1.165, 1.54) is 0 Å². The van der Waals surface area contributed by atoms with Crippen molar-refractivity contribution in [1.82, 2.24) is 10.3 Å². The topological polar surface area (TPSA) is 62.9 Å². The molecule has 0 amide bonds. The van der Waals surface area contributed by atoms with E-state index in [1.807, 2.05) is 6.92 Å². The maximum absolute atomic E-state index is 5.67. The molecule has 1 unspecified atom stereocenters. The Hall–Kier alpha value is -0.810. The maximum atomic E-state index is 5.67. The van der Waals surface area contributed by atoms with Crippen molar-refractivity contribution < 1.29 is 4.74 Å². The van der Waals surface area contributed by atoms with Crippen LogP contribution in [0.15, 0.2) is 4.99 Å². The molecule has 0 aromatic heterocycles. The van der Waals surface area contributed by atoms with Crippen LogP contribution in [0, 0.1) is 5.92 Å². The summed E-state index contributed by atoms with van der Waals surface area (Å²) in [4.78, 5) is 6.70. The molecule has 5 nitrogen and oxygen atoms in total. The van der Waals surface area contributed by atoms with Gasteiger partial charge in [-0.25, -0.2) is 5.84 Å². The Kier molecular flexibility index (Phi) is 6.29. The Bertz CT molecular complexity index is 241. The molecule has 3 N–H and O–H groups in total. The van der Waals surface area contributed by atoms with Crippen LogP contribution in [0.25, 0.3) is 0 Å². The Morgan fingerprint density at radius 3 is 2.94 bits per heavy atom. The molecule has 0 aliphatic carbocycles. The summed E-state index contributed by atoms with van der Waals surface area (Å²) < 4.78 is 5.67. The van der Waals surface area contributed by atoms with Crippen LogP contribution in [0.4, 0.5) is 0 Å². The fourth-order valence-electron chi connectivity index (χ4n) is 2.01. The zero-order valence-corrected chi connectivity index (χ0v) is 11.3. The highest BCUT2D eigenvalue weighted by Crippen LogP contribution is 2.13. The van der Waals surface area contributed by atoms with E-state index in [2.05, 4.69) is 29.2 Å². The van der Waals surface area contributed by atoms with Gasteiger partial charge in [-0.15, -0.1) is 0 Å². The van der Waals surface area contributed by atoms with Crippen LogP contribution in [0.2, 0.25) is 0 Å². The normalized spacial score (nSPS) is 22.1. The van der Waals surface area contributed by atoms with Crippen molar-refractivity contribution in [1.29, 1.82) is 0 Å². The van der Waals surface area contributed by atoms with Gasteiger partial charge in [-0.2, -0.15) is 0 Å². The third kappa shape index (κ3) is 4.91. The van der Waals surface area contributed by atoms with E-state index in [1.54, 1.807) is 0 Å². The molecule has 0 radical (unpaired) electrons. The fraction of sp³-hybridized carbons (Fsp3) is 0.917. The van der Waals surface area contributed by atoms with Gasteiger partial charge in [0.05, 0.1) is 6.10 Å². The van der Waals surface area contributed by atoms with Gasteiger partial charge in [0, 0.05) is 26.2 Å². The first-order chi connectivity index (χ1) is 8.17. The van der Waals surface area contributed by atoms with Crippen LogP contribution in [0.1, 0.15) is 33.6 Å². The number of likely N-dealkylation sites (tertiary alicyclic amines) is 1. The van der Waals surface area contributed by atoms with E-state index < -0.39 is 0 Å². The molecule has 0 aromatic rings. The zero-order chi connectivity index (χ0) is 12.7. The smallest absolute Gasteiger partial charge is 0.208 e. The third-order valence-electron chi connectivity index (χ3n) is 2.82. The SMILES string of the molecule is CCOC1CCCN(C(=NCC(C)C)NN)C1. The van der Waals surface area contributed by atoms with Gasteiger partial charge in [-0.05, 0) is 25.7 Å². The van der Waals surface area contributed by atoms with Gasteiger partial charge in [0.2, 0.25) is 5.96 Å². The van der Waals surface area contributed by atoms with E-state index in [4.69, 9.17) is 10.6 Å². The van der Waals surface area contributed by atoms with Gasteiger partial charge in [-0.3, -0.25) is 10.4 Å². The number of hydrogen-bond acceptors (Lipinski definition) is 3. The lowest BCUT2D eigenvalue weighted by Crippen LogP contribution is -2.50. The number of nitrogens with two attached hydrogens (primary N) is 1. The largest absolute Gasteiger partial charge is 0.377 e. The number of ether oxygens (including phenoxy) is 1. The van der Waals surface area contributed by atoms with Gasteiger partial charge in [0.1, 0.15) is 0 Å². The lowest BCUT2D eigenvalue weighted by molar-refractivity contribution is 0.0227. The summed E-state index contributed by atoms with van der Waals surface area (Å²) in [7, 11) is 0.